The van der Waals surface area contributed by atoms with Gasteiger partial charge in [-0.15, -0.1) is 0 Å². The Morgan fingerprint density at radius 3 is 2.48 bits per heavy atom. The highest BCUT2D eigenvalue weighted by Gasteiger charge is 2.33. The lowest BCUT2D eigenvalue weighted by atomic mass is 10.1. The molecule has 21 heavy (non-hydrogen) atoms. The van der Waals surface area contributed by atoms with E-state index in [1.165, 1.54) is 18.2 Å². The van der Waals surface area contributed by atoms with Gasteiger partial charge in [0.1, 0.15) is 5.82 Å². The molecule has 2 aromatic rings. The van der Waals surface area contributed by atoms with Crippen molar-refractivity contribution in [1.29, 1.82) is 0 Å². The Morgan fingerprint density at radius 1 is 1.10 bits per heavy atom. The lowest BCUT2D eigenvalue weighted by Gasteiger charge is -2.13. The molecule has 0 unspecified atom stereocenters. The summed E-state index contributed by atoms with van der Waals surface area (Å²) in [4.78, 5) is 0. The third kappa shape index (κ3) is 3.97. The van der Waals surface area contributed by atoms with Crippen molar-refractivity contribution in [2.45, 2.75) is 19.6 Å². The molecule has 112 valence electrons. The minimum atomic E-state index is -4.44. The largest absolute Gasteiger partial charge is 0.417 e. The molecule has 1 nitrogen and oxygen atoms in total. The fourth-order valence-electron chi connectivity index (χ4n) is 1.89. The number of nitrogens with one attached hydrogen (secondary N) is 1. The highest BCUT2D eigenvalue weighted by atomic mass is 79.9. The van der Waals surface area contributed by atoms with E-state index in [4.69, 9.17) is 0 Å². The van der Waals surface area contributed by atoms with E-state index in [1.807, 2.05) is 6.92 Å². The van der Waals surface area contributed by atoms with Crippen LogP contribution >= 0.6 is 15.9 Å². The van der Waals surface area contributed by atoms with Crippen LogP contribution < -0.4 is 5.32 Å². The van der Waals surface area contributed by atoms with Gasteiger partial charge in [-0.25, -0.2) is 4.39 Å². The van der Waals surface area contributed by atoms with Crippen molar-refractivity contribution in [3.05, 3.63) is 63.4 Å². The summed E-state index contributed by atoms with van der Waals surface area (Å²) in [6.45, 7) is 1.94. The minimum absolute atomic E-state index is 0.0257. The van der Waals surface area contributed by atoms with Gasteiger partial charge in [0.05, 0.1) is 5.56 Å². The molecule has 0 bridgehead atoms. The van der Waals surface area contributed by atoms with Gasteiger partial charge in [0.25, 0.3) is 0 Å². The normalized spacial score (nSPS) is 11.5. The maximum absolute atomic E-state index is 13.6. The number of anilines is 1. The number of hydrogen-bond donors (Lipinski definition) is 1. The first kappa shape index (κ1) is 15.8. The van der Waals surface area contributed by atoms with Gasteiger partial charge >= 0.3 is 6.18 Å². The second-order valence-electron chi connectivity index (χ2n) is 4.64. The first-order chi connectivity index (χ1) is 9.77. The number of hydrogen-bond acceptors (Lipinski definition) is 1. The zero-order chi connectivity index (χ0) is 15.6. The predicted octanol–water partition coefficient (Wildman–Crippen LogP) is 5.53. The average Bonchev–Trinajstić information content (AvgIpc) is 2.40. The quantitative estimate of drug-likeness (QED) is 0.709. The molecule has 2 rings (SSSR count). The standard InChI is InChI=1S/C15H12BrF4N/c1-9-2-5-14(17)10(6-9)8-21-11-3-4-13(16)12(7-11)15(18,19)20/h2-7,21H,8H2,1H3. The van der Waals surface area contributed by atoms with Gasteiger partial charge in [-0.2, -0.15) is 13.2 Å². The van der Waals surface area contributed by atoms with Gasteiger partial charge in [0.2, 0.25) is 0 Å². The molecular weight excluding hydrogens is 350 g/mol. The van der Waals surface area contributed by atoms with Crippen LogP contribution in [-0.2, 0) is 12.7 Å². The van der Waals surface area contributed by atoms with Crippen LogP contribution in [0.4, 0.5) is 23.2 Å². The van der Waals surface area contributed by atoms with Crippen molar-refractivity contribution in [1.82, 2.24) is 0 Å². The third-order valence-electron chi connectivity index (χ3n) is 2.96. The van der Waals surface area contributed by atoms with Crippen molar-refractivity contribution in [3.63, 3.8) is 0 Å². The summed E-state index contributed by atoms with van der Waals surface area (Å²) in [5.41, 5.74) is 0.815. The first-order valence-corrected chi connectivity index (χ1v) is 6.92. The van der Waals surface area contributed by atoms with E-state index in [9.17, 15) is 17.6 Å². The van der Waals surface area contributed by atoms with Crippen molar-refractivity contribution in [3.8, 4) is 0 Å². The van der Waals surface area contributed by atoms with Crippen LogP contribution in [0, 0.1) is 12.7 Å². The van der Waals surface area contributed by atoms with E-state index in [2.05, 4.69) is 21.2 Å². The van der Waals surface area contributed by atoms with Gasteiger partial charge in [-0.05, 0) is 31.2 Å². The molecule has 0 fully saturated rings. The molecule has 0 saturated carbocycles. The molecule has 0 aliphatic heterocycles. The summed E-state index contributed by atoms with van der Waals surface area (Å²) in [6.07, 6.45) is -4.44. The summed E-state index contributed by atoms with van der Waals surface area (Å²) >= 11 is 2.88. The van der Waals surface area contributed by atoms with Crippen LogP contribution in [0.15, 0.2) is 40.9 Å². The monoisotopic (exact) mass is 361 g/mol. The topological polar surface area (TPSA) is 12.0 Å². The third-order valence-corrected chi connectivity index (χ3v) is 3.65. The highest BCUT2D eigenvalue weighted by Crippen LogP contribution is 2.36. The molecular formula is C15H12BrF4N. The minimum Gasteiger partial charge on any atom is -0.381 e. The van der Waals surface area contributed by atoms with Gasteiger partial charge in [-0.3, -0.25) is 0 Å². The number of alkyl halides is 3. The lowest BCUT2D eigenvalue weighted by Crippen LogP contribution is -2.08. The van der Waals surface area contributed by atoms with Crippen LogP contribution in [0.25, 0.3) is 0 Å². The van der Waals surface area contributed by atoms with Crippen molar-refractivity contribution in [2.24, 2.45) is 0 Å². The number of aryl methyl sites for hydroxylation is 1. The van der Waals surface area contributed by atoms with Gasteiger partial charge in [0, 0.05) is 22.3 Å². The van der Waals surface area contributed by atoms with Crippen LogP contribution in [-0.4, -0.2) is 0 Å². The Balaban J connectivity index is 2.19. The van der Waals surface area contributed by atoms with Crippen molar-refractivity contribution >= 4 is 21.6 Å². The summed E-state index contributed by atoms with van der Waals surface area (Å²) in [5, 5.41) is 2.81. The molecule has 0 aliphatic carbocycles. The SMILES string of the molecule is Cc1ccc(F)c(CNc2ccc(Br)c(C(F)(F)F)c2)c1. The number of benzene rings is 2. The maximum Gasteiger partial charge on any atom is 0.417 e. The molecule has 1 N–H and O–H groups in total. The van der Waals surface area contributed by atoms with E-state index in [0.29, 0.717) is 5.56 Å². The molecule has 0 aliphatic rings. The predicted molar refractivity (Wildman–Crippen MR) is 77.6 cm³/mol. The van der Waals surface area contributed by atoms with Crippen molar-refractivity contribution < 1.29 is 17.6 Å². The molecule has 0 spiro atoms. The zero-order valence-electron chi connectivity index (χ0n) is 11.1. The summed E-state index contributed by atoms with van der Waals surface area (Å²) in [6, 6.07) is 8.46. The summed E-state index contributed by atoms with van der Waals surface area (Å²) < 4.78 is 51.9. The molecule has 0 saturated heterocycles. The Kier molecular flexibility index (Phi) is 4.56. The average molecular weight is 362 g/mol. The number of halogens is 5. The maximum atomic E-state index is 13.6. The summed E-state index contributed by atoms with van der Waals surface area (Å²) in [7, 11) is 0. The van der Waals surface area contributed by atoms with Gasteiger partial charge < -0.3 is 5.32 Å². The smallest absolute Gasteiger partial charge is 0.381 e. The van der Waals surface area contributed by atoms with E-state index in [-0.39, 0.29) is 22.5 Å². The molecule has 0 atom stereocenters. The van der Waals surface area contributed by atoms with E-state index < -0.39 is 11.7 Å². The van der Waals surface area contributed by atoms with Crippen LogP contribution in [0.2, 0.25) is 0 Å². The second kappa shape index (κ2) is 6.05. The Labute approximate surface area is 128 Å². The van der Waals surface area contributed by atoms with Crippen LogP contribution in [0.3, 0.4) is 0 Å². The fourth-order valence-corrected chi connectivity index (χ4v) is 2.36. The van der Waals surface area contributed by atoms with Gasteiger partial charge in [0.15, 0.2) is 0 Å². The molecule has 0 radical (unpaired) electrons. The Hall–Kier alpha value is -1.56. The Bertz CT molecular complexity index is 653. The summed E-state index contributed by atoms with van der Waals surface area (Å²) in [5.74, 6) is -0.388. The molecule has 6 heteroatoms. The first-order valence-electron chi connectivity index (χ1n) is 6.13. The fraction of sp³-hybridized carbons (Fsp3) is 0.200. The lowest BCUT2D eigenvalue weighted by molar-refractivity contribution is -0.138. The second-order valence-corrected chi connectivity index (χ2v) is 5.50. The van der Waals surface area contributed by atoms with Crippen LogP contribution in [0.5, 0.6) is 0 Å². The highest BCUT2D eigenvalue weighted by molar-refractivity contribution is 9.10. The van der Waals surface area contributed by atoms with Gasteiger partial charge in [-0.1, -0.05) is 33.6 Å². The molecule has 0 aromatic heterocycles. The van der Waals surface area contributed by atoms with Crippen LogP contribution in [0.1, 0.15) is 16.7 Å². The van der Waals surface area contributed by atoms with E-state index in [1.54, 1.807) is 12.1 Å². The Morgan fingerprint density at radius 2 is 1.81 bits per heavy atom. The number of rotatable bonds is 3. The molecule has 2 aromatic carbocycles. The van der Waals surface area contributed by atoms with Crippen molar-refractivity contribution in [2.75, 3.05) is 5.32 Å². The van der Waals surface area contributed by atoms with E-state index in [0.717, 1.165) is 11.6 Å². The zero-order valence-corrected chi connectivity index (χ0v) is 12.6. The molecule has 0 heterocycles. The van der Waals surface area contributed by atoms with E-state index >= 15 is 0 Å². The molecule has 0 amide bonds.